The topological polar surface area (TPSA) is 62.2 Å². The quantitative estimate of drug-likeness (QED) is 0.261. The number of nitrogens with zero attached hydrogens (tertiary/aromatic N) is 3. The summed E-state index contributed by atoms with van der Waals surface area (Å²) in [5, 5.41) is 7.24. The molecule has 1 aliphatic carbocycles. The zero-order valence-corrected chi connectivity index (χ0v) is 21.4. The molecule has 40 heavy (non-hydrogen) atoms. The van der Waals surface area contributed by atoms with Crippen LogP contribution in [0, 0.1) is 0 Å². The number of amidine groups is 2. The van der Waals surface area contributed by atoms with Crippen LogP contribution in [0.3, 0.4) is 0 Å². The highest BCUT2D eigenvalue weighted by molar-refractivity contribution is 6.18. The van der Waals surface area contributed by atoms with Gasteiger partial charge in [0.05, 0.1) is 6.21 Å². The molecular formula is C35H22N4O. The van der Waals surface area contributed by atoms with Crippen molar-refractivity contribution < 1.29 is 4.42 Å². The number of nitrogens with one attached hydrogen (secondary N) is 1. The Hall–Kier alpha value is -5.29. The summed E-state index contributed by atoms with van der Waals surface area (Å²) in [6.07, 6.45) is 1.44. The Labute approximate surface area is 230 Å². The molecule has 188 valence electrons. The largest absolute Gasteiger partial charge is 0.455 e. The smallest absolute Gasteiger partial charge is 0.169 e. The Morgan fingerprint density at radius 1 is 0.675 bits per heavy atom. The molecule has 2 aliphatic heterocycles. The van der Waals surface area contributed by atoms with Gasteiger partial charge in [-0.25, -0.2) is 9.98 Å². The predicted octanol–water partition coefficient (Wildman–Crippen LogP) is 7.85. The lowest BCUT2D eigenvalue weighted by atomic mass is 9.99. The molecule has 1 aromatic heterocycles. The minimum atomic E-state index is -0.376. The summed E-state index contributed by atoms with van der Waals surface area (Å²) in [7, 11) is 0. The molecule has 0 spiro atoms. The molecule has 3 aliphatic rings. The van der Waals surface area contributed by atoms with E-state index in [0.717, 1.165) is 45.1 Å². The number of aliphatic imine (C=N–C) groups is 3. The zero-order valence-electron chi connectivity index (χ0n) is 21.4. The van der Waals surface area contributed by atoms with Crippen molar-refractivity contribution in [3.05, 3.63) is 132 Å². The van der Waals surface area contributed by atoms with Crippen molar-refractivity contribution in [2.75, 3.05) is 0 Å². The molecule has 6 aromatic rings. The molecular weight excluding hydrogens is 492 g/mol. The normalized spacial score (nSPS) is 18.4. The highest BCUT2D eigenvalue weighted by atomic mass is 16.3. The molecule has 2 atom stereocenters. The summed E-state index contributed by atoms with van der Waals surface area (Å²) in [5.41, 5.74) is 9.02. The number of rotatable bonds is 3. The maximum Gasteiger partial charge on any atom is 0.169 e. The first kappa shape index (κ1) is 21.6. The van der Waals surface area contributed by atoms with E-state index >= 15 is 0 Å². The molecule has 5 heteroatoms. The predicted molar refractivity (Wildman–Crippen MR) is 161 cm³/mol. The molecule has 5 aromatic carbocycles. The minimum absolute atomic E-state index is 0.289. The van der Waals surface area contributed by atoms with Crippen LogP contribution in [0.15, 0.2) is 129 Å². The number of para-hydroxylation sites is 1. The van der Waals surface area contributed by atoms with Gasteiger partial charge >= 0.3 is 0 Å². The van der Waals surface area contributed by atoms with Gasteiger partial charge in [0.2, 0.25) is 0 Å². The van der Waals surface area contributed by atoms with Crippen LogP contribution < -0.4 is 5.32 Å². The van der Waals surface area contributed by atoms with E-state index in [2.05, 4.69) is 78.1 Å². The van der Waals surface area contributed by atoms with Gasteiger partial charge in [-0.1, -0.05) is 97.1 Å². The van der Waals surface area contributed by atoms with E-state index in [0.29, 0.717) is 0 Å². The van der Waals surface area contributed by atoms with Gasteiger partial charge in [0.1, 0.15) is 23.3 Å². The van der Waals surface area contributed by atoms with Crippen LogP contribution in [0.4, 0.5) is 0 Å². The van der Waals surface area contributed by atoms with E-state index < -0.39 is 0 Å². The standard InChI is InChI=1S/C35H22N4O/c1-2-8-21(9-3-1)33-37-34(39-35(38-33)32-31-26-12-4-5-15-28(26)40-29(31)19-36-32)22-16-17-23-24-13-6-10-20-11-7-14-25(30(20)24)27(23)18-22/h1-19,32-33H,(H,37,38,39). The molecule has 3 heterocycles. The second-order valence-electron chi connectivity index (χ2n) is 10.4. The van der Waals surface area contributed by atoms with Crippen molar-refractivity contribution in [1.29, 1.82) is 0 Å². The van der Waals surface area contributed by atoms with Crippen molar-refractivity contribution >= 4 is 39.6 Å². The highest BCUT2D eigenvalue weighted by Crippen LogP contribution is 2.47. The second kappa shape index (κ2) is 8.10. The summed E-state index contributed by atoms with van der Waals surface area (Å²) in [6.45, 7) is 0. The minimum Gasteiger partial charge on any atom is -0.455 e. The van der Waals surface area contributed by atoms with Crippen LogP contribution in [0.25, 0.3) is 44.0 Å². The van der Waals surface area contributed by atoms with Crippen molar-refractivity contribution in [1.82, 2.24) is 5.32 Å². The summed E-state index contributed by atoms with van der Waals surface area (Å²) >= 11 is 0. The first-order valence-electron chi connectivity index (χ1n) is 13.5. The maximum absolute atomic E-state index is 6.10. The van der Waals surface area contributed by atoms with Crippen LogP contribution in [0.2, 0.25) is 0 Å². The Balaban J connectivity index is 1.17. The lowest BCUT2D eigenvalue weighted by Gasteiger charge is -2.24. The van der Waals surface area contributed by atoms with Crippen molar-refractivity contribution in [3.63, 3.8) is 0 Å². The van der Waals surface area contributed by atoms with E-state index in [1.54, 1.807) is 0 Å². The van der Waals surface area contributed by atoms with Gasteiger partial charge in [-0.15, -0.1) is 0 Å². The third-order valence-electron chi connectivity index (χ3n) is 8.17. The second-order valence-corrected chi connectivity index (χ2v) is 10.4. The molecule has 0 saturated heterocycles. The Morgan fingerprint density at radius 3 is 2.35 bits per heavy atom. The molecule has 0 saturated carbocycles. The fourth-order valence-electron chi connectivity index (χ4n) is 6.35. The van der Waals surface area contributed by atoms with E-state index in [1.165, 1.54) is 33.0 Å². The molecule has 1 N–H and O–H groups in total. The lowest BCUT2D eigenvalue weighted by Crippen LogP contribution is -2.38. The zero-order chi connectivity index (χ0) is 26.2. The molecule has 0 bridgehead atoms. The van der Waals surface area contributed by atoms with Crippen LogP contribution in [0.1, 0.15) is 34.7 Å². The molecule has 2 unspecified atom stereocenters. The number of furan rings is 1. The van der Waals surface area contributed by atoms with Gasteiger partial charge < -0.3 is 9.73 Å². The van der Waals surface area contributed by atoms with E-state index in [9.17, 15) is 0 Å². The van der Waals surface area contributed by atoms with Gasteiger partial charge in [0.15, 0.2) is 11.9 Å². The number of benzene rings is 5. The van der Waals surface area contributed by atoms with Gasteiger partial charge in [-0.2, -0.15) is 0 Å². The summed E-state index contributed by atoms with van der Waals surface area (Å²) in [6, 6.07) is 37.8. The fraction of sp³-hybridized carbons (Fsp3) is 0.0571. The van der Waals surface area contributed by atoms with Crippen molar-refractivity contribution in [3.8, 4) is 22.3 Å². The first-order valence-corrected chi connectivity index (χ1v) is 13.5. The Morgan fingerprint density at radius 2 is 1.48 bits per heavy atom. The molecule has 9 rings (SSSR count). The van der Waals surface area contributed by atoms with Gasteiger partial charge in [0.25, 0.3) is 0 Å². The SMILES string of the molecule is C1=NC(C2=NC(c3ccccc3)N=C(c3ccc4c(c3)-c3cccc5cccc-4c35)N2)c2c1oc1ccccc21. The van der Waals surface area contributed by atoms with Gasteiger partial charge in [-0.3, -0.25) is 4.99 Å². The number of fused-ring (bicyclic) bond motifs is 6. The van der Waals surface area contributed by atoms with E-state index in [-0.39, 0.29) is 12.2 Å². The summed E-state index contributed by atoms with van der Waals surface area (Å²) < 4.78 is 6.10. The third-order valence-corrected chi connectivity index (χ3v) is 8.17. The van der Waals surface area contributed by atoms with Gasteiger partial charge in [-0.05, 0) is 50.7 Å². The third kappa shape index (κ3) is 3.06. The first-order chi connectivity index (χ1) is 19.8. The Kier molecular flexibility index (Phi) is 4.38. The Bertz CT molecular complexity index is 2100. The van der Waals surface area contributed by atoms with Crippen LogP contribution in [-0.2, 0) is 0 Å². The van der Waals surface area contributed by atoms with E-state index in [1.807, 2.05) is 42.6 Å². The summed E-state index contributed by atoms with van der Waals surface area (Å²) in [5.74, 6) is 2.35. The number of hydrogen-bond donors (Lipinski definition) is 1. The molecule has 5 nitrogen and oxygen atoms in total. The van der Waals surface area contributed by atoms with Crippen LogP contribution in [0.5, 0.6) is 0 Å². The average Bonchev–Trinajstić information content (AvgIpc) is 3.69. The molecule has 0 radical (unpaired) electrons. The van der Waals surface area contributed by atoms with Crippen molar-refractivity contribution in [2.45, 2.75) is 12.2 Å². The monoisotopic (exact) mass is 514 g/mol. The molecule has 0 amide bonds. The van der Waals surface area contributed by atoms with Crippen LogP contribution in [-0.4, -0.2) is 17.9 Å². The fourth-order valence-corrected chi connectivity index (χ4v) is 6.35. The molecule has 0 fully saturated rings. The average molecular weight is 515 g/mol. The lowest BCUT2D eigenvalue weighted by molar-refractivity contribution is 0.606. The summed E-state index contributed by atoms with van der Waals surface area (Å²) in [4.78, 5) is 15.0. The van der Waals surface area contributed by atoms with E-state index in [4.69, 9.17) is 19.4 Å². The van der Waals surface area contributed by atoms with Gasteiger partial charge in [0, 0.05) is 16.5 Å². The number of hydrogen-bond acceptors (Lipinski definition) is 5. The van der Waals surface area contributed by atoms with Crippen molar-refractivity contribution in [2.24, 2.45) is 15.0 Å². The highest BCUT2D eigenvalue weighted by Gasteiger charge is 2.33. The van der Waals surface area contributed by atoms with Crippen LogP contribution >= 0.6 is 0 Å². The maximum atomic E-state index is 6.10.